The van der Waals surface area contributed by atoms with Crippen LogP contribution in [0.3, 0.4) is 0 Å². The molecule has 1 aliphatic rings. The van der Waals surface area contributed by atoms with Crippen LogP contribution in [0.1, 0.15) is 25.3 Å². The number of hydrogen-bond acceptors (Lipinski definition) is 3. The predicted octanol–water partition coefficient (Wildman–Crippen LogP) is 1.27. The third-order valence-electron chi connectivity index (χ3n) is 4.08. The summed E-state index contributed by atoms with van der Waals surface area (Å²) in [5.41, 5.74) is 6.99. The van der Waals surface area contributed by atoms with Crippen LogP contribution in [0, 0.1) is 5.92 Å². The van der Waals surface area contributed by atoms with Gasteiger partial charge in [0.2, 0.25) is 5.91 Å². The Morgan fingerprint density at radius 2 is 2.05 bits per heavy atom. The Morgan fingerprint density at radius 3 is 2.67 bits per heavy atom. The lowest BCUT2D eigenvalue weighted by molar-refractivity contribution is -0.155. The molecule has 114 valence electrons. The van der Waals surface area contributed by atoms with Crippen LogP contribution in [0.25, 0.3) is 0 Å². The minimum absolute atomic E-state index is 0.0378. The van der Waals surface area contributed by atoms with E-state index in [0.717, 1.165) is 18.4 Å². The number of hydrogen-bond donors (Lipinski definition) is 2. The molecule has 0 aliphatic carbocycles. The van der Waals surface area contributed by atoms with Crippen molar-refractivity contribution in [2.75, 3.05) is 6.54 Å². The fourth-order valence-electron chi connectivity index (χ4n) is 2.98. The summed E-state index contributed by atoms with van der Waals surface area (Å²) in [4.78, 5) is 25.4. The zero-order valence-electron chi connectivity index (χ0n) is 12.2. The topological polar surface area (TPSA) is 83.6 Å². The average Bonchev–Trinajstić information content (AvgIpc) is 2.46. The zero-order chi connectivity index (χ0) is 15.4. The van der Waals surface area contributed by atoms with Crippen molar-refractivity contribution in [3.63, 3.8) is 0 Å². The first kappa shape index (κ1) is 15.5. The van der Waals surface area contributed by atoms with Crippen LogP contribution in [0.5, 0.6) is 0 Å². The minimum Gasteiger partial charge on any atom is -0.480 e. The van der Waals surface area contributed by atoms with Crippen LogP contribution in [-0.4, -0.2) is 40.5 Å². The number of nitrogens with zero attached hydrogens (tertiary/aromatic N) is 1. The molecule has 1 aromatic rings. The summed E-state index contributed by atoms with van der Waals surface area (Å²) < 4.78 is 0. The van der Waals surface area contributed by atoms with E-state index in [1.54, 1.807) is 0 Å². The van der Waals surface area contributed by atoms with Gasteiger partial charge in [0.05, 0.1) is 6.04 Å². The van der Waals surface area contributed by atoms with Gasteiger partial charge in [0.1, 0.15) is 6.04 Å². The van der Waals surface area contributed by atoms with E-state index in [1.165, 1.54) is 4.90 Å². The molecule has 3 atom stereocenters. The van der Waals surface area contributed by atoms with E-state index in [1.807, 2.05) is 37.3 Å². The first-order chi connectivity index (χ1) is 10.0. The van der Waals surface area contributed by atoms with E-state index >= 15 is 0 Å². The number of rotatable bonds is 4. The zero-order valence-corrected chi connectivity index (χ0v) is 12.2. The standard InChI is InChI=1S/C16H22N2O3/c1-11-6-5-9-18(14(11)16(20)21)15(19)13(17)10-12-7-3-2-4-8-12/h2-4,7-8,11,13-14H,5-6,9-10,17H2,1H3,(H,20,21)/t11?,13-,14?/m0/s1. The van der Waals surface area contributed by atoms with Crippen molar-refractivity contribution in [3.8, 4) is 0 Å². The van der Waals surface area contributed by atoms with Gasteiger partial charge in [0.25, 0.3) is 0 Å². The highest BCUT2D eigenvalue weighted by Gasteiger charge is 2.38. The minimum atomic E-state index is -0.942. The van der Waals surface area contributed by atoms with Crippen molar-refractivity contribution in [2.24, 2.45) is 11.7 Å². The second-order valence-corrected chi connectivity index (χ2v) is 5.73. The van der Waals surface area contributed by atoms with Gasteiger partial charge in [-0.2, -0.15) is 0 Å². The lowest BCUT2D eigenvalue weighted by Gasteiger charge is -2.38. The maximum Gasteiger partial charge on any atom is 0.326 e. The van der Waals surface area contributed by atoms with Gasteiger partial charge in [-0.1, -0.05) is 37.3 Å². The summed E-state index contributed by atoms with van der Waals surface area (Å²) in [6, 6.07) is 8.09. The van der Waals surface area contributed by atoms with Crippen LogP contribution in [-0.2, 0) is 16.0 Å². The molecule has 1 heterocycles. The van der Waals surface area contributed by atoms with Gasteiger partial charge in [-0.15, -0.1) is 0 Å². The summed E-state index contributed by atoms with van der Waals surface area (Å²) >= 11 is 0. The Balaban J connectivity index is 2.08. The Kier molecular flexibility index (Phi) is 4.96. The van der Waals surface area contributed by atoms with Crippen LogP contribution in [0.2, 0.25) is 0 Å². The number of aliphatic carboxylic acids is 1. The van der Waals surface area contributed by atoms with Crippen LogP contribution in [0.15, 0.2) is 30.3 Å². The number of amides is 1. The number of nitrogens with two attached hydrogens (primary N) is 1. The maximum absolute atomic E-state index is 12.5. The lowest BCUT2D eigenvalue weighted by Crippen LogP contribution is -2.56. The van der Waals surface area contributed by atoms with Crippen molar-refractivity contribution in [3.05, 3.63) is 35.9 Å². The normalized spacial score (nSPS) is 23.6. The quantitative estimate of drug-likeness (QED) is 0.874. The molecule has 5 nitrogen and oxygen atoms in total. The third kappa shape index (κ3) is 3.61. The van der Waals surface area contributed by atoms with E-state index in [4.69, 9.17) is 5.73 Å². The van der Waals surface area contributed by atoms with Crippen molar-refractivity contribution < 1.29 is 14.7 Å². The summed E-state index contributed by atoms with van der Waals surface area (Å²) in [6.45, 7) is 2.35. The Bertz CT molecular complexity index is 504. The SMILES string of the molecule is CC1CCCN(C(=O)[C@@H](N)Cc2ccccc2)C1C(=O)O. The second kappa shape index (κ2) is 6.72. The number of carbonyl (C=O) groups is 2. The Morgan fingerprint density at radius 1 is 1.38 bits per heavy atom. The number of carbonyl (C=O) groups excluding carboxylic acids is 1. The summed E-state index contributed by atoms with van der Waals surface area (Å²) in [5, 5.41) is 9.36. The highest BCUT2D eigenvalue weighted by molar-refractivity contribution is 5.87. The smallest absolute Gasteiger partial charge is 0.326 e. The molecule has 5 heteroatoms. The van der Waals surface area contributed by atoms with Crippen LogP contribution in [0.4, 0.5) is 0 Å². The van der Waals surface area contributed by atoms with E-state index in [2.05, 4.69) is 0 Å². The fraction of sp³-hybridized carbons (Fsp3) is 0.500. The molecule has 0 saturated carbocycles. The average molecular weight is 290 g/mol. The van der Waals surface area contributed by atoms with Gasteiger partial charge >= 0.3 is 5.97 Å². The van der Waals surface area contributed by atoms with Gasteiger partial charge < -0.3 is 15.7 Å². The largest absolute Gasteiger partial charge is 0.480 e. The maximum atomic E-state index is 12.5. The molecule has 1 aromatic carbocycles. The lowest BCUT2D eigenvalue weighted by atomic mass is 9.90. The molecule has 0 aromatic heterocycles. The number of likely N-dealkylation sites (tertiary alicyclic amines) is 1. The number of carboxylic acids is 1. The summed E-state index contributed by atoms with van der Waals surface area (Å²) in [5.74, 6) is -1.25. The molecular weight excluding hydrogens is 268 g/mol. The van der Waals surface area contributed by atoms with E-state index in [-0.39, 0.29) is 11.8 Å². The molecule has 1 fully saturated rings. The van der Waals surface area contributed by atoms with Gasteiger partial charge in [0.15, 0.2) is 0 Å². The first-order valence-electron chi connectivity index (χ1n) is 7.33. The van der Waals surface area contributed by atoms with Crippen molar-refractivity contribution >= 4 is 11.9 Å². The highest BCUT2D eigenvalue weighted by atomic mass is 16.4. The molecule has 0 spiro atoms. The molecule has 2 unspecified atom stereocenters. The first-order valence-corrected chi connectivity index (χ1v) is 7.33. The van der Waals surface area contributed by atoms with Gasteiger partial charge in [-0.3, -0.25) is 4.79 Å². The molecule has 2 rings (SSSR count). The number of benzene rings is 1. The van der Waals surface area contributed by atoms with Gasteiger partial charge in [0, 0.05) is 6.54 Å². The third-order valence-corrected chi connectivity index (χ3v) is 4.08. The van der Waals surface area contributed by atoms with E-state index in [0.29, 0.717) is 13.0 Å². The predicted molar refractivity (Wildman–Crippen MR) is 79.7 cm³/mol. The molecule has 21 heavy (non-hydrogen) atoms. The van der Waals surface area contributed by atoms with E-state index < -0.39 is 18.1 Å². The van der Waals surface area contributed by atoms with Gasteiger partial charge in [-0.05, 0) is 30.7 Å². The van der Waals surface area contributed by atoms with Crippen molar-refractivity contribution in [2.45, 2.75) is 38.3 Å². The molecule has 0 bridgehead atoms. The van der Waals surface area contributed by atoms with Crippen molar-refractivity contribution in [1.82, 2.24) is 4.90 Å². The molecule has 1 amide bonds. The molecular formula is C16H22N2O3. The molecule has 1 saturated heterocycles. The molecule has 1 aliphatic heterocycles. The summed E-state index contributed by atoms with van der Waals surface area (Å²) in [6.07, 6.45) is 2.08. The van der Waals surface area contributed by atoms with Crippen molar-refractivity contribution in [1.29, 1.82) is 0 Å². The highest BCUT2D eigenvalue weighted by Crippen LogP contribution is 2.24. The monoisotopic (exact) mass is 290 g/mol. The summed E-state index contributed by atoms with van der Waals surface area (Å²) in [7, 11) is 0. The van der Waals surface area contributed by atoms with Crippen LogP contribution >= 0.6 is 0 Å². The second-order valence-electron chi connectivity index (χ2n) is 5.73. The molecule has 0 radical (unpaired) electrons. The Labute approximate surface area is 124 Å². The van der Waals surface area contributed by atoms with Gasteiger partial charge in [-0.25, -0.2) is 4.79 Å². The Hall–Kier alpha value is -1.88. The molecule has 3 N–H and O–H groups in total. The number of piperidine rings is 1. The fourth-order valence-corrected chi connectivity index (χ4v) is 2.98. The van der Waals surface area contributed by atoms with E-state index in [9.17, 15) is 14.7 Å². The van der Waals surface area contributed by atoms with Crippen LogP contribution < -0.4 is 5.73 Å². The number of carboxylic acid groups (broad SMARTS) is 1.